The summed E-state index contributed by atoms with van der Waals surface area (Å²) >= 11 is 0. The van der Waals surface area contributed by atoms with Gasteiger partial charge in [0.2, 0.25) is 5.88 Å². The summed E-state index contributed by atoms with van der Waals surface area (Å²) in [4.78, 5) is 10.6. The SMILES string of the molecule is CN=C(NCc1cccnc1OCCOC)N(C)CCOc1ccccc1.I. The fourth-order valence-electron chi connectivity index (χ4n) is 2.39. The van der Waals surface area contributed by atoms with Crippen molar-refractivity contribution in [3.05, 3.63) is 54.2 Å². The average Bonchev–Trinajstić information content (AvgIpc) is 2.70. The van der Waals surface area contributed by atoms with E-state index in [0.717, 1.165) is 17.3 Å². The molecule has 2 rings (SSSR count). The van der Waals surface area contributed by atoms with Crippen molar-refractivity contribution in [2.75, 3.05) is 47.6 Å². The monoisotopic (exact) mass is 500 g/mol. The Kier molecular flexibility index (Phi) is 12.0. The van der Waals surface area contributed by atoms with Gasteiger partial charge in [-0.1, -0.05) is 24.3 Å². The highest BCUT2D eigenvalue weighted by Gasteiger charge is 2.09. The van der Waals surface area contributed by atoms with E-state index in [1.165, 1.54) is 0 Å². The third-order valence-corrected chi connectivity index (χ3v) is 3.83. The molecular formula is C20H29IN4O3. The first-order valence-electron chi connectivity index (χ1n) is 8.90. The van der Waals surface area contributed by atoms with Crippen LogP contribution >= 0.6 is 24.0 Å². The molecule has 0 amide bonds. The molecule has 0 radical (unpaired) electrons. The zero-order valence-electron chi connectivity index (χ0n) is 16.6. The smallest absolute Gasteiger partial charge is 0.218 e. The van der Waals surface area contributed by atoms with Crippen molar-refractivity contribution < 1.29 is 14.2 Å². The molecule has 0 bridgehead atoms. The Morgan fingerprint density at radius 3 is 2.57 bits per heavy atom. The molecular weight excluding hydrogens is 471 g/mol. The molecule has 0 fully saturated rings. The fourth-order valence-corrected chi connectivity index (χ4v) is 2.39. The quantitative estimate of drug-likeness (QED) is 0.234. The number of pyridine rings is 1. The molecule has 0 saturated heterocycles. The molecule has 7 nitrogen and oxygen atoms in total. The lowest BCUT2D eigenvalue weighted by Crippen LogP contribution is -2.40. The third-order valence-electron chi connectivity index (χ3n) is 3.83. The Hall–Kier alpha value is -2.07. The molecule has 28 heavy (non-hydrogen) atoms. The summed E-state index contributed by atoms with van der Waals surface area (Å²) in [6.45, 7) is 2.83. The summed E-state index contributed by atoms with van der Waals surface area (Å²) in [5.41, 5.74) is 0.962. The molecule has 154 valence electrons. The van der Waals surface area contributed by atoms with Crippen molar-refractivity contribution in [2.45, 2.75) is 6.54 Å². The van der Waals surface area contributed by atoms with Gasteiger partial charge in [-0.3, -0.25) is 4.99 Å². The maximum absolute atomic E-state index is 5.74. The largest absolute Gasteiger partial charge is 0.492 e. The molecule has 0 atom stereocenters. The molecule has 1 N–H and O–H groups in total. The van der Waals surface area contributed by atoms with E-state index in [0.29, 0.717) is 38.8 Å². The number of rotatable bonds is 10. The fraction of sp³-hybridized carbons (Fsp3) is 0.400. The average molecular weight is 500 g/mol. The Labute approximate surface area is 184 Å². The van der Waals surface area contributed by atoms with Crippen LogP contribution in [0.2, 0.25) is 0 Å². The molecule has 1 aromatic heterocycles. The van der Waals surface area contributed by atoms with Gasteiger partial charge < -0.3 is 24.4 Å². The summed E-state index contributed by atoms with van der Waals surface area (Å²) in [7, 11) is 5.38. The van der Waals surface area contributed by atoms with Crippen LogP contribution in [0.5, 0.6) is 11.6 Å². The summed E-state index contributed by atoms with van der Waals surface area (Å²) in [6, 6.07) is 13.6. The maximum atomic E-state index is 5.74. The topological polar surface area (TPSA) is 68.2 Å². The minimum absolute atomic E-state index is 0. The summed E-state index contributed by atoms with van der Waals surface area (Å²) < 4.78 is 16.4. The first-order chi connectivity index (χ1) is 13.2. The van der Waals surface area contributed by atoms with Crippen LogP contribution < -0.4 is 14.8 Å². The zero-order chi connectivity index (χ0) is 19.3. The Bertz CT molecular complexity index is 701. The molecule has 2 aromatic rings. The molecule has 0 spiro atoms. The number of methoxy groups -OCH3 is 1. The summed E-state index contributed by atoms with van der Waals surface area (Å²) in [5.74, 6) is 2.24. The Balaban J connectivity index is 0.00000392. The van der Waals surface area contributed by atoms with Crippen molar-refractivity contribution in [3.63, 3.8) is 0 Å². The highest BCUT2D eigenvalue weighted by atomic mass is 127. The number of nitrogens with one attached hydrogen (secondary N) is 1. The van der Waals surface area contributed by atoms with E-state index < -0.39 is 0 Å². The highest BCUT2D eigenvalue weighted by molar-refractivity contribution is 14.0. The third kappa shape index (κ3) is 8.30. The van der Waals surface area contributed by atoms with E-state index in [9.17, 15) is 0 Å². The van der Waals surface area contributed by atoms with Crippen LogP contribution in [0, 0.1) is 0 Å². The maximum Gasteiger partial charge on any atom is 0.218 e. The number of benzene rings is 1. The molecule has 0 saturated carbocycles. The summed E-state index contributed by atoms with van der Waals surface area (Å²) in [6.07, 6.45) is 1.72. The predicted octanol–water partition coefficient (Wildman–Crippen LogP) is 2.81. The van der Waals surface area contributed by atoms with Crippen LogP contribution in [-0.4, -0.2) is 63.4 Å². The van der Waals surface area contributed by atoms with E-state index in [-0.39, 0.29) is 24.0 Å². The van der Waals surface area contributed by atoms with Crippen LogP contribution in [0.4, 0.5) is 0 Å². The van der Waals surface area contributed by atoms with Crippen LogP contribution in [0.25, 0.3) is 0 Å². The van der Waals surface area contributed by atoms with Gasteiger partial charge in [0.1, 0.15) is 19.0 Å². The number of hydrogen-bond donors (Lipinski definition) is 1. The number of halogens is 1. The van der Waals surface area contributed by atoms with E-state index in [1.807, 2.05) is 54.4 Å². The zero-order valence-corrected chi connectivity index (χ0v) is 19.0. The van der Waals surface area contributed by atoms with Crippen LogP contribution in [-0.2, 0) is 11.3 Å². The minimum Gasteiger partial charge on any atom is -0.492 e. The van der Waals surface area contributed by atoms with Crippen molar-refractivity contribution >= 4 is 29.9 Å². The Morgan fingerprint density at radius 1 is 1.07 bits per heavy atom. The highest BCUT2D eigenvalue weighted by Crippen LogP contribution is 2.14. The van der Waals surface area contributed by atoms with Gasteiger partial charge in [0.05, 0.1) is 13.2 Å². The number of likely N-dealkylation sites (N-methyl/N-ethyl adjacent to an activating group) is 1. The normalized spacial score (nSPS) is 10.8. The van der Waals surface area contributed by atoms with Crippen LogP contribution in [0.1, 0.15) is 5.56 Å². The van der Waals surface area contributed by atoms with Gasteiger partial charge in [0, 0.05) is 39.5 Å². The molecule has 1 heterocycles. The van der Waals surface area contributed by atoms with E-state index in [4.69, 9.17) is 14.2 Å². The van der Waals surface area contributed by atoms with E-state index in [2.05, 4.69) is 15.3 Å². The van der Waals surface area contributed by atoms with E-state index >= 15 is 0 Å². The molecule has 0 aliphatic carbocycles. The second kappa shape index (κ2) is 14.0. The standard InChI is InChI=1S/C20H28N4O3.HI/c1-21-20(24(2)12-13-26-18-9-5-4-6-10-18)23-16-17-8-7-11-22-19(17)27-15-14-25-3;/h4-11H,12-16H2,1-3H3,(H,21,23);1H. The molecule has 8 heteroatoms. The predicted molar refractivity (Wildman–Crippen MR) is 122 cm³/mol. The van der Waals surface area contributed by atoms with Gasteiger partial charge in [0.15, 0.2) is 5.96 Å². The molecule has 0 aliphatic rings. The van der Waals surface area contributed by atoms with Gasteiger partial charge in [-0.2, -0.15) is 0 Å². The van der Waals surface area contributed by atoms with Gasteiger partial charge in [-0.25, -0.2) is 4.98 Å². The second-order valence-electron chi connectivity index (χ2n) is 5.79. The Morgan fingerprint density at radius 2 is 1.86 bits per heavy atom. The number of guanidine groups is 1. The minimum atomic E-state index is 0. The van der Waals surface area contributed by atoms with Crippen molar-refractivity contribution in [3.8, 4) is 11.6 Å². The lowest BCUT2D eigenvalue weighted by atomic mass is 10.2. The van der Waals surface area contributed by atoms with Gasteiger partial charge in [-0.05, 0) is 18.2 Å². The van der Waals surface area contributed by atoms with Crippen molar-refractivity contribution in [2.24, 2.45) is 4.99 Å². The molecule has 0 unspecified atom stereocenters. The molecule has 0 aliphatic heterocycles. The van der Waals surface area contributed by atoms with Crippen LogP contribution in [0.15, 0.2) is 53.7 Å². The van der Waals surface area contributed by atoms with Gasteiger partial charge in [-0.15, -0.1) is 24.0 Å². The molecule has 1 aromatic carbocycles. The number of nitrogens with zero attached hydrogens (tertiary/aromatic N) is 3. The first-order valence-corrected chi connectivity index (χ1v) is 8.90. The van der Waals surface area contributed by atoms with Crippen molar-refractivity contribution in [1.29, 1.82) is 0 Å². The van der Waals surface area contributed by atoms with E-state index in [1.54, 1.807) is 20.4 Å². The number of aromatic nitrogens is 1. The first kappa shape index (κ1) is 24.0. The second-order valence-corrected chi connectivity index (χ2v) is 5.79. The van der Waals surface area contributed by atoms with Crippen molar-refractivity contribution in [1.82, 2.24) is 15.2 Å². The number of ether oxygens (including phenoxy) is 3. The summed E-state index contributed by atoms with van der Waals surface area (Å²) in [5, 5.41) is 3.33. The van der Waals surface area contributed by atoms with Gasteiger partial charge >= 0.3 is 0 Å². The number of aliphatic imine (C=N–C) groups is 1. The lowest BCUT2D eigenvalue weighted by Gasteiger charge is -2.22. The number of para-hydroxylation sites is 1. The van der Waals surface area contributed by atoms with Gasteiger partial charge in [0.25, 0.3) is 0 Å². The lowest BCUT2D eigenvalue weighted by molar-refractivity contribution is 0.143. The number of hydrogen-bond acceptors (Lipinski definition) is 5. The van der Waals surface area contributed by atoms with Crippen LogP contribution in [0.3, 0.4) is 0 Å².